The molecule has 0 bridgehead atoms. The van der Waals surface area contributed by atoms with Gasteiger partial charge in [-0.05, 0) is 45.4 Å². The number of ether oxygens (including phenoxy) is 1. The van der Waals surface area contributed by atoms with Gasteiger partial charge in [0.25, 0.3) is 0 Å². The molecular weight excluding hydrogens is 332 g/mol. The maximum absolute atomic E-state index is 12.1. The van der Waals surface area contributed by atoms with Crippen molar-refractivity contribution >= 4 is 12.1 Å². The summed E-state index contributed by atoms with van der Waals surface area (Å²) in [5.41, 5.74) is 5.85. The van der Waals surface area contributed by atoms with E-state index in [1.165, 1.54) is 19.3 Å². The minimum absolute atomic E-state index is 0.107. The smallest absolute Gasteiger partial charge is 0.410 e. The Morgan fingerprint density at radius 2 is 1.69 bits per heavy atom. The Balaban J connectivity index is 1.86. The number of aliphatic imine (C=N–C) groups is 1. The largest absolute Gasteiger partial charge is 0.444 e. The van der Waals surface area contributed by atoms with Gasteiger partial charge in [0, 0.05) is 39.3 Å². The third kappa shape index (κ3) is 6.04. The highest BCUT2D eigenvalue weighted by Gasteiger charge is 2.32. The number of aliphatic hydroxyl groups is 1. The first kappa shape index (κ1) is 20.8. The molecule has 0 aromatic rings. The van der Waals surface area contributed by atoms with Crippen molar-refractivity contribution in [1.82, 2.24) is 9.80 Å². The number of carbonyl (C=O) groups excluding carboxylic acids is 1. The molecule has 2 aliphatic rings. The molecule has 0 unspecified atom stereocenters. The summed E-state index contributed by atoms with van der Waals surface area (Å²) in [6, 6.07) is 0. The van der Waals surface area contributed by atoms with Crippen LogP contribution in [-0.4, -0.2) is 71.9 Å². The van der Waals surface area contributed by atoms with Crippen LogP contribution in [0.5, 0.6) is 0 Å². The molecular formula is C19H36N4O3. The number of nitrogens with zero attached hydrogens (tertiary/aromatic N) is 3. The van der Waals surface area contributed by atoms with E-state index in [9.17, 15) is 9.90 Å². The number of carbonyl (C=O) groups is 1. The van der Waals surface area contributed by atoms with Crippen molar-refractivity contribution in [3.63, 3.8) is 0 Å². The van der Waals surface area contributed by atoms with Crippen LogP contribution in [0.1, 0.15) is 59.3 Å². The predicted octanol–water partition coefficient (Wildman–Crippen LogP) is 2.19. The van der Waals surface area contributed by atoms with E-state index in [0.717, 1.165) is 19.3 Å². The highest BCUT2D eigenvalue weighted by molar-refractivity contribution is 5.78. The summed E-state index contributed by atoms with van der Waals surface area (Å²) >= 11 is 0. The van der Waals surface area contributed by atoms with E-state index in [-0.39, 0.29) is 18.1 Å². The maximum atomic E-state index is 12.1. The van der Waals surface area contributed by atoms with E-state index in [4.69, 9.17) is 10.5 Å². The van der Waals surface area contributed by atoms with E-state index in [1.807, 2.05) is 25.7 Å². The van der Waals surface area contributed by atoms with Crippen molar-refractivity contribution in [1.29, 1.82) is 0 Å². The molecule has 1 saturated heterocycles. The highest BCUT2D eigenvalue weighted by Crippen LogP contribution is 2.39. The molecule has 3 N–H and O–H groups in total. The molecule has 150 valence electrons. The Labute approximate surface area is 157 Å². The monoisotopic (exact) mass is 368 g/mol. The number of aliphatic hydroxyl groups excluding tert-OH is 1. The number of piperazine rings is 1. The van der Waals surface area contributed by atoms with Crippen LogP contribution in [0.2, 0.25) is 0 Å². The normalized spacial score (nSPS) is 21.6. The molecule has 1 heterocycles. The fourth-order valence-corrected chi connectivity index (χ4v) is 3.82. The molecule has 0 radical (unpaired) electrons. The summed E-state index contributed by atoms with van der Waals surface area (Å²) in [7, 11) is 0. The topological polar surface area (TPSA) is 91.4 Å². The zero-order chi connectivity index (χ0) is 19.2. The Morgan fingerprint density at radius 3 is 2.23 bits per heavy atom. The van der Waals surface area contributed by atoms with Crippen LogP contribution < -0.4 is 5.73 Å². The lowest BCUT2D eigenvalue weighted by Gasteiger charge is -2.38. The molecule has 1 aliphatic carbocycles. The van der Waals surface area contributed by atoms with Crippen LogP contribution in [0, 0.1) is 5.41 Å². The fraction of sp³-hybridized carbons (Fsp3) is 0.895. The predicted molar refractivity (Wildman–Crippen MR) is 103 cm³/mol. The van der Waals surface area contributed by atoms with Gasteiger partial charge in [-0.1, -0.05) is 19.3 Å². The molecule has 0 aromatic carbocycles. The second-order valence-electron chi connectivity index (χ2n) is 8.66. The zero-order valence-electron chi connectivity index (χ0n) is 16.7. The van der Waals surface area contributed by atoms with Crippen LogP contribution in [0.25, 0.3) is 0 Å². The summed E-state index contributed by atoms with van der Waals surface area (Å²) < 4.78 is 5.42. The summed E-state index contributed by atoms with van der Waals surface area (Å²) in [5, 5.41) is 9.42. The van der Waals surface area contributed by atoms with Crippen molar-refractivity contribution < 1.29 is 14.6 Å². The molecule has 0 atom stereocenters. The molecule has 7 nitrogen and oxygen atoms in total. The van der Waals surface area contributed by atoms with Crippen molar-refractivity contribution in [2.24, 2.45) is 16.1 Å². The van der Waals surface area contributed by atoms with Gasteiger partial charge in [0.2, 0.25) is 0 Å². The second-order valence-corrected chi connectivity index (χ2v) is 8.66. The van der Waals surface area contributed by atoms with Gasteiger partial charge in [0.15, 0.2) is 5.96 Å². The second kappa shape index (κ2) is 8.93. The third-order valence-electron chi connectivity index (χ3n) is 5.39. The molecule has 1 aliphatic heterocycles. The number of nitrogens with two attached hydrogens (primary N) is 1. The quantitative estimate of drug-likeness (QED) is 0.586. The van der Waals surface area contributed by atoms with Crippen molar-refractivity contribution in [3.05, 3.63) is 0 Å². The minimum atomic E-state index is -0.476. The van der Waals surface area contributed by atoms with Gasteiger partial charge in [0.1, 0.15) is 5.60 Å². The summed E-state index contributed by atoms with van der Waals surface area (Å²) in [4.78, 5) is 20.6. The first-order valence-electron chi connectivity index (χ1n) is 9.88. The highest BCUT2D eigenvalue weighted by atomic mass is 16.6. The number of hydrogen-bond acceptors (Lipinski definition) is 4. The van der Waals surface area contributed by atoms with Gasteiger partial charge in [0.05, 0.1) is 0 Å². The van der Waals surface area contributed by atoms with E-state index in [2.05, 4.69) is 4.99 Å². The van der Waals surface area contributed by atoms with Gasteiger partial charge in [-0.15, -0.1) is 0 Å². The van der Waals surface area contributed by atoms with E-state index in [1.54, 1.807) is 4.90 Å². The molecule has 1 amide bonds. The van der Waals surface area contributed by atoms with Gasteiger partial charge < -0.3 is 25.4 Å². The lowest BCUT2D eigenvalue weighted by molar-refractivity contribution is 0.0186. The SMILES string of the molecule is CC(C)(C)OC(=O)N1CCN(C(N)=NCC2(CCO)CCCCC2)CC1. The van der Waals surface area contributed by atoms with Crippen LogP contribution in [0.4, 0.5) is 4.79 Å². The van der Waals surface area contributed by atoms with Crippen LogP contribution in [-0.2, 0) is 4.74 Å². The van der Waals surface area contributed by atoms with Gasteiger partial charge in [-0.2, -0.15) is 0 Å². The Bertz CT molecular complexity index is 482. The number of rotatable bonds is 4. The van der Waals surface area contributed by atoms with Crippen molar-refractivity contribution in [2.75, 3.05) is 39.3 Å². The number of hydrogen-bond donors (Lipinski definition) is 2. The van der Waals surface area contributed by atoms with Crippen LogP contribution in [0.15, 0.2) is 4.99 Å². The first-order chi connectivity index (χ1) is 12.2. The van der Waals surface area contributed by atoms with Crippen LogP contribution >= 0.6 is 0 Å². The lowest BCUT2D eigenvalue weighted by Crippen LogP contribution is -2.53. The number of amides is 1. The molecule has 0 aromatic heterocycles. The third-order valence-corrected chi connectivity index (χ3v) is 5.39. The van der Waals surface area contributed by atoms with E-state index in [0.29, 0.717) is 38.7 Å². The molecule has 0 spiro atoms. The zero-order valence-corrected chi connectivity index (χ0v) is 16.7. The Hall–Kier alpha value is -1.50. The molecule has 2 fully saturated rings. The fourth-order valence-electron chi connectivity index (χ4n) is 3.82. The Morgan fingerprint density at radius 1 is 1.12 bits per heavy atom. The van der Waals surface area contributed by atoms with Gasteiger partial charge >= 0.3 is 6.09 Å². The first-order valence-corrected chi connectivity index (χ1v) is 9.88. The van der Waals surface area contributed by atoms with Crippen molar-refractivity contribution in [2.45, 2.75) is 64.9 Å². The number of guanidine groups is 1. The van der Waals surface area contributed by atoms with Gasteiger partial charge in [-0.3, -0.25) is 4.99 Å². The lowest BCUT2D eigenvalue weighted by atomic mass is 9.72. The van der Waals surface area contributed by atoms with E-state index < -0.39 is 5.60 Å². The standard InChI is InChI=1S/C19H36N4O3/c1-18(2,3)26-17(25)23-12-10-22(11-13-23)16(20)21-15-19(9-14-24)7-5-4-6-8-19/h24H,4-15H2,1-3H3,(H2,20,21). The summed E-state index contributed by atoms with van der Waals surface area (Å²) in [6.07, 6.45) is 6.48. The average molecular weight is 369 g/mol. The van der Waals surface area contributed by atoms with Gasteiger partial charge in [-0.25, -0.2) is 4.79 Å². The Kier molecular flexibility index (Phi) is 7.15. The minimum Gasteiger partial charge on any atom is -0.444 e. The van der Waals surface area contributed by atoms with Crippen LogP contribution in [0.3, 0.4) is 0 Å². The summed E-state index contributed by atoms with van der Waals surface area (Å²) in [5.74, 6) is 0.553. The average Bonchev–Trinajstić information content (AvgIpc) is 2.59. The van der Waals surface area contributed by atoms with E-state index >= 15 is 0 Å². The van der Waals surface area contributed by atoms with Crippen molar-refractivity contribution in [3.8, 4) is 0 Å². The maximum Gasteiger partial charge on any atom is 0.410 e. The molecule has 2 rings (SSSR count). The molecule has 1 saturated carbocycles. The summed E-state index contributed by atoms with van der Waals surface area (Å²) in [6.45, 7) is 9.04. The molecule has 7 heteroatoms. The molecule has 26 heavy (non-hydrogen) atoms.